The molecule has 0 saturated carbocycles. The van der Waals surface area contributed by atoms with Crippen molar-refractivity contribution in [2.24, 2.45) is 0 Å². The van der Waals surface area contributed by atoms with Crippen molar-refractivity contribution in [3.63, 3.8) is 0 Å². The largest absolute Gasteiger partial charge is 0.494 e. The molecule has 0 heterocycles. The smallest absolute Gasteiger partial charge is 0.123 e. The molecule has 0 radical (unpaired) electrons. The van der Waals surface area contributed by atoms with Crippen molar-refractivity contribution in [2.45, 2.75) is 59.5 Å². The van der Waals surface area contributed by atoms with E-state index >= 15 is 0 Å². The van der Waals surface area contributed by atoms with Gasteiger partial charge in [-0.1, -0.05) is 20.3 Å². The van der Waals surface area contributed by atoms with E-state index in [1.54, 1.807) is 0 Å². The van der Waals surface area contributed by atoms with Gasteiger partial charge < -0.3 is 10.5 Å². The average Bonchev–Trinajstić information content (AvgIpc) is 2.45. The molecule has 0 aromatic heterocycles. The van der Waals surface area contributed by atoms with Crippen LogP contribution in [0.5, 0.6) is 5.75 Å². The molecule has 1 rings (SSSR count). The fourth-order valence-corrected chi connectivity index (χ4v) is 2.31. The lowest BCUT2D eigenvalue weighted by Gasteiger charge is -2.29. The second-order valence-electron chi connectivity index (χ2n) is 5.38. The van der Waals surface area contributed by atoms with Crippen LogP contribution in [0, 0.1) is 0 Å². The molecule has 0 aliphatic rings. The minimum Gasteiger partial charge on any atom is -0.494 e. The third-order valence-corrected chi connectivity index (χ3v) is 3.77. The number of nitrogen functional groups attached to an aromatic ring is 1. The zero-order valence-electron chi connectivity index (χ0n) is 13.5. The number of ether oxygens (including phenoxy) is 1. The topological polar surface area (TPSA) is 38.5 Å². The van der Waals surface area contributed by atoms with Crippen molar-refractivity contribution in [3.05, 3.63) is 23.8 Å². The van der Waals surface area contributed by atoms with Crippen LogP contribution in [-0.4, -0.2) is 24.1 Å². The summed E-state index contributed by atoms with van der Waals surface area (Å²) in [6, 6.07) is 6.53. The van der Waals surface area contributed by atoms with Crippen LogP contribution in [0.4, 0.5) is 5.69 Å². The molecule has 3 nitrogen and oxygen atoms in total. The van der Waals surface area contributed by atoms with E-state index in [2.05, 4.69) is 25.7 Å². The molecular formula is C17H30N2O. The first kappa shape index (κ1) is 16.8. The van der Waals surface area contributed by atoms with Gasteiger partial charge >= 0.3 is 0 Å². The van der Waals surface area contributed by atoms with Gasteiger partial charge in [-0.3, -0.25) is 4.90 Å². The van der Waals surface area contributed by atoms with Gasteiger partial charge in [0.1, 0.15) is 5.75 Å². The summed E-state index contributed by atoms with van der Waals surface area (Å²) >= 11 is 0. The van der Waals surface area contributed by atoms with E-state index in [-0.39, 0.29) is 0 Å². The Morgan fingerprint density at radius 2 is 2.00 bits per heavy atom. The quantitative estimate of drug-likeness (QED) is 0.692. The van der Waals surface area contributed by atoms with Crippen LogP contribution in [0.25, 0.3) is 0 Å². The number of hydrogen-bond acceptors (Lipinski definition) is 3. The van der Waals surface area contributed by atoms with Crippen LogP contribution < -0.4 is 10.5 Å². The van der Waals surface area contributed by atoms with Gasteiger partial charge in [0.25, 0.3) is 0 Å². The maximum Gasteiger partial charge on any atom is 0.123 e. The van der Waals surface area contributed by atoms with Crippen molar-refractivity contribution in [2.75, 3.05) is 18.9 Å². The van der Waals surface area contributed by atoms with Gasteiger partial charge in [-0.05, 0) is 51.4 Å². The normalized spacial score (nSPS) is 12.7. The van der Waals surface area contributed by atoms with Crippen LogP contribution in [0.3, 0.4) is 0 Å². The summed E-state index contributed by atoms with van der Waals surface area (Å²) in [6.07, 6.45) is 3.62. The first-order chi connectivity index (χ1) is 9.62. The Kier molecular flexibility index (Phi) is 7.45. The number of nitrogens with zero attached hydrogens (tertiary/aromatic N) is 1. The molecule has 0 aliphatic carbocycles. The Bertz CT molecular complexity index is 393. The van der Waals surface area contributed by atoms with Crippen LogP contribution in [0.15, 0.2) is 18.2 Å². The van der Waals surface area contributed by atoms with E-state index in [4.69, 9.17) is 10.5 Å². The molecule has 0 saturated heterocycles. The summed E-state index contributed by atoms with van der Waals surface area (Å²) in [5.41, 5.74) is 7.94. The lowest BCUT2D eigenvalue weighted by atomic mass is 10.1. The van der Waals surface area contributed by atoms with Gasteiger partial charge in [0.05, 0.1) is 6.61 Å². The van der Waals surface area contributed by atoms with E-state index < -0.39 is 0 Å². The minimum atomic E-state index is 0.581. The summed E-state index contributed by atoms with van der Waals surface area (Å²) in [7, 11) is 0. The van der Waals surface area contributed by atoms with Gasteiger partial charge in [0.2, 0.25) is 0 Å². The van der Waals surface area contributed by atoms with Gasteiger partial charge in [-0.25, -0.2) is 0 Å². The predicted molar refractivity (Wildman–Crippen MR) is 87.1 cm³/mol. The van der Waals surface area contributed by atoms with Crippen LogP contribution >= 0.6 is 0 Å². The average molecular weight is 278 g/mol. The van der Waals surface area contributed by atoms with E-state index in [0.717, 1.165) is 30.9 Å². The molecule has 1 aromatic rings. The van der Waals surface area contributed by atoms with Crippen LogP contribution in [0.2, 0.25) is 0 Å². The van der Waals surface area contributed by atoms with E-state index in [1.165, 1.54) is 18.4 Å². The molecule has 0 bridgehead atoms. The second-order valence-corrected chi connectivity index (χ2v) is 5.38. The maximum absolute atomic E-state index is 5.93. The third-order valence-electron chi connectivity index (χ3n) is 3.77. The lowest BCUT2D eigenvalue weighted by molar-refractivity contribution is 0.189. The SMILES string of the molecule is CCCCN(Cc1cc(N)ccc1OCC)C(C)CC. The first-order valence-corrected chi connectivity index (χ1v) is 7.87. The molecule has 1 atom stereocenters. The van der Waals surface area contributed by atoms with E-state index in [9.17, 15) is 0 Å². The van der Waals surface area contributed by atoms with Crippen molar-refractivity contribution in [1.29, 1.82) is 0 Å². The Labute approximate surface area is 124 Å². The highest BCUT2D eigenvalue weighted by Crippen LogP contribution is 2.24. The van der Waals surface area contributed by atoms with Gasteiger partial charge in [-0.2, -0.15) is 0 Å². The zero-order valence-corrected chi connectivity index (χ0v) is 13.5. The van der Waals surface area contributed by atoms with Gasteiger partial charge in [-0.15, -0.1) is 0 Å². The second kappa shape index (κ2) is 8.85. The van der Waals surface area contributed by atoms with Gasteiger partial charge in [0, 0.05) is 23.8 Å². The zero-order chi connectivity index (χ0) is 15.0. The molecule has 20 heavy (non-hydrogen) atoms. The number of unbranched alkanes of at least 4 members (excludes halogenated alkanes) is 1. The molecule has 0 amide bonds. The third kappa shape index (κ3) is 5.04. The van der Waals surface area contributed by atoms with E-state index in [0.29, 0.717) is 12.6 Å². The van der Waals surface area contributed by atoms with Crippen LogP contribution in [-0.2, 0) is 6.54 Å². The first-order valence-electron chi connectivity index (χ1n) is 7.87. The molecule has 114 valence electrons. The van der Waals surface area contributed by atoms with Crippen molar-refractivity contribution >= 4 is 5.69 Å². The number of hydrogen-bond donors (Lipinski definition) is 1. The summed E-state index contributed by atoms with van der Waals surface area (Å²) in [6.45, 7) is 11.5. The number of rotatable bonds is 9. The van der Waals surface area contributed by atoms with Gasteiger partial charge in [0.15, 0.2) is 0 Å². The van der Waals surface area contributed by atoms with Crippen molar-refractivity contribution in [1.82, 2.24) is 4.90 Å². The lowest BCUT2D eigenvalue weighted by Crippen LogP contribution is -2.33. The molecular weight excluding hydrogens is 248 g/mol. The highest BCUT2D eigenvalue weighted by Gasteiger charge is 2.15. The maximum atomic E-state index is 5.93. The number of nitrogens with two attached hydrogens (primary N) is 1. The molecule has 1 unspecified atom stereocenters. The Hall–Kier alpha value is -1.22. The standard InChI is InChI=1S/C17H30N2O/c1-5-8-11-19(14(4)6-2)13-15-12-16(18)9-10-17(15)20-7-3/h9-10,12,14H,5-8,11,13,18H2,1-4H3. The number of anilines is 1. The Morgan fingerprint density at radius 1 is 1.25 bits per heavy atom. The highest BCUT2D eigenvalue weighted by molar-refractivity contribution is 5.47. The monoisotopic (exact) mass is 278 g/mol. The molecule has 0 fully saturated rings. The van der Waals surface area contributed by atoms with Crippen molar-refractivity contribution in [3.8, 4) is 5.75 Å². The molecule has 1 aromatic carbocycles. The summed E-state index contributed by atoms with van der Waals surface area (Å²) < 4.78 is 5.73. The predicted octanol–water partition coefficient (Wildman–Crippen LogP) is 4.07. The fraction of sp³-hybridized carbons (Fsp3) is 0.647. The minimum absolute atomic E-state index is 0.581. The Morgan fingerprint density at radius 3 is 2.60 bits per heavy atom. The molecule has 2 N–H and O–H groups in total. The molecule has 0 spiro atoms. The Balaban J connectivity index is 2.87. The highest BCUT2D eigenvalue weighted by atomic mass is 16.5. The fourth-order valence-electron chi connectivity index (χ4n) is 2.31. The molecule has 3 heteroatoms. The van der Waals surface area contributed by atoms with Crippen LogP contribution in [0.1, 0.15) is 52.5 Å². The van der Waals surface area contributed by atoms with Crippen molar-refractivity contribution < 1.29 is 4.74 Å². The van der Waals surface area contributed by atoms with E-state index in [1.807, 2.05) is 25.1 Å². The summed E-state index contributed by atoms with van der Waals surface area (Å²) in [5, 5.41) is 0. The summed E-state index contributed by atoms with van der Waals surface area (Å²) in [4.78, 5) is 2.53. The molecule has 0 aliphatic heterocycles. The number of benzene rings is 1. The summed E-state index contributed by atoms with van der Waals surface area (Å²) in [5.74, 6) is 0.964.